The highest BCUT2D eigenvalue weighted by atomic mass is 32.2. The summed E-state index contributed by atoms with van der Waals surface area (Å²) < 4.78 is 0. The molecule has 6 heteroatoms. The van der Waals surface area contributed by atoms with Gasteiger partial charge in [-0.05, 0) is 38.9 Å². The smallest absolute Gasteiger partial charge is 0.252 e. The zero-order valence-electron chi connectivity index (χ0n) is 16.6. The Balaban J connectivity index is 1.85. The minimum Gasteiger partial charge on any atom is -0.353 e. The molecule has 1 unspecified atom stereocenters. The molecule has 0 spiro atoms. The molecular weight excluding hydrogens is 358 g/mol. The quantitative estimate of drug-likeness (QED) is 0.595. The normalized spacial score (nSPS) is 16.8. The zero-order chi connectivity index (χ0) is 19.5. The molecule has 0 radical (unpaired) electrons. The number of rotatable bonds is 8. The summed E-state index contributed by atoms with van der Waals surface area (Å²) in [6.07, 6.45) is 8.43. The largest absolute Gasteiger partial charge is 0.353 e. The first kappa shape index (κ1) is 21.8. The lowest BCUT2D eigenvalue weighted by atomic mass is 9.97. The minimum atomic E-state index is -0.0966. The van der Waals surface area contributed by atoms with E-state index in [1.165, 1.54) is 43.9 Å². The van der Waals surface area contributed by atoms with Gasteiger partial charge < -0.3 is 16.0 Å². The molecule has 0 aliphatic heterocycles. The van der Waals surface area contributed by atoms with Gasteiger partial charge in [-0.2, -0.15) is 0 Å². The van der Waals surface area contributed by atoms with Crippen molar-refractivity contribution < 1.29 is 9.59 Å². The molecule has 27 heavy (non-hydrogen) atoms. The van der Waals surface area contributed by atoms with Crippen LogP contribution in [-0.4, -0.2) is 43.2 Å². The van der Waals surface area contributed by atoms with Gasteiger partial charge in [-0.25, -0.2) is 0 Å². The van der Waals surface area contributed by atoms with E-state index in [1.807, 2.05) is 38.2 Å². The first-order chi connectivity index (χ1) is 13.1. The van der Waals surface area contributed by atoms with Gasteiger partial charge in [0.1, 0.15) is 0 Å². The van der Waals surface area contributed by atoms with Crippen LogP contribution in [0.15, 0.2) is 29.2 Å². The minimum absolute atomic E-state index is 0.0598. The summed E-state index contributed by atoms with van der Waals surface area (Å²) >= 11 is 1.43. The molecule has 1 aliphatic carbocycles. The fourth-order valence-electron chi connectivity index (χ4n) is 3.24. The second-order valence-corrected chi connectivity index (χ2v) is 8.31. The van der Waals surface area contributed by atoms with Crippen LogP contribution in [0, 0.1) is 0 Å². The number of likely N-dealkylation sites (N-methyl/N-ethyl adjacent to an activating group) is 1. The van der Waals surface area contributed by atoms with E-state index in [0.717, 1.165) is 17.7 Å². The van der Waals surface area contributed by atoms with Gasteiger partial charge in [-0.15, -0.1) is 11.8 Å². The number of nitrogens with one attached hydrogen (secondary N) is 3. The van der Waals surface area contributed by atoms with Gasteiger partial charge >= 0.3 is 0 Å². The van der Waals surface area contributed by atoms with E-state index in [0.29, 0.717) is 23.9 Å². The van der Waals surface area contributed by atoms with Crippen molar-refractivity contribution in [3.05, 3.63) is 29.8 Å². The van der Waals surface area contributed by atoms with Crippen molar-refractivity contribution in [2.24, 2.45) is 0 Å². The summed E-state index contributed by atoms with van der Waals surface area (Å²) in [5.74, 6) is 0.304. The van der Waals surface area contributed by atoms with Gasteiger partial charge in [0.25, 0.3) is 5.91 Å². The summed E-state index contributed by atoms with van der Waals surface area (Å²) in [7, 11) is 1.87. The zero-order valence-corrected chi connectivity index (χ0v) is 17.4. The van der Waals surface area contributed by atoms with Gasteiger partial charge in [0.2, 0.25) is 5.91 Å². The van der Waals surface area contributed by atoms with Crippen LogP contribution in [0.3, 0.4) is 0 Å². The number of hydrogen-bond acceptors (Lipinski definition) is 4. The summed E-state index contributed by atoms with van der Waals surface area (Å²) in [5, 5.41) is 9.23. The Morgan fingerprint density at radius 2 is 1.78 bits per heavy atom. The summed E-state index contributed by atoms with van der Waals surface area (Å²) in [4.78, 5) is 25.7. The molecule has 1 aromatic carbocycles. The van der Waals surface area contributed by atoms with Crippen LogP contribution in [0.2, 0.25) is 0 Å². The standard InChI is InChI=1S/C21H33N3O2S/c1-16(22-2)14-23-21(26)18-12-8-9-13-19(18)27-15-20(25)24-17-10-6-4-3-5-7-11-17/h8-9,12-13,16-17,22H,3-7,10-11,14-15H2,1-2H3,(H,23,26)(H,24,25). The Labute approximate surface area is 167 Å². The summed E-state index contributed by atoms with van der Waals surface area (Å²) in [6.45, 7) is 2.58. The first-order valence-electron chi connectivity index (χ1n) is 10.1. The summed E-state index contributed by atoms with van der Waals surface area (Å²) in [6, 6.07) is 8.00. The number of thioether (sulfide) groups is 1. The van der Waals surface area contributed by atoms with Crippen LogP contribution in [0.1, 0.15) is 62.2 Å². The molecule has 5 nitrogen and oxygen atoms in total. The number of amides is 2. The van der Waals surface area contributed by atoms with Crippen LogP contribution in [-0.2, 0) is 4.79 Å². The Morgan fingerprint density at radius 3 is 2.48 bits per heavy atom. The Hall–Kier alpha value is -1.53. The highest BCUT2D eigenvalue weighted by Gasteiger charge is 2.16. The molecular formula is C21H33N3O2S. The molecule has 0 bridgehead atoms. The van der Waals surface area contributed by atoms with Crippen molar-refractivity contribution in [3.63, 3.8) is 0 Å². The van der Waals surface area contributed by atoms with E-state index in [4.69, 9.17) is 0 Å². The molecule has 0 heterocycles. The number of carbonyl (C=O) groups is 2. The van der Waals surface area contributed by atoms with Gasteiger partial charge in [0.15, 0.2) is 0 Å². The van der Waals surface area contributed by atoms with Crippen LogP contribution < -0.4 is 16.0 Å². The Morgan fingerprint density at radius 1 is 1.11 bits per heavy atom. The lowest BCUT2D eigenvalue weighted by Gasteiger charge is -2.21. The van der Waals surface area contributed by atoms with Crippen molar-refractivity contribution in [2.45, 2.75) is 68.8 Å². The lowest BCUT2D eigenvalue weighted by Crippen LogP contribution is -2.37. The highest BCUT2D eigenvalue weighted by Crippen LogP contribution is 2.23. The third-order valence-electron chi connectivity index (χ3n) is 5.02. The topological polar surface area (TPSA) is 70.2 Å². The SMILES string of the molecule is CNC(C)CNC(=O)c1ccccc1SCC(=O)NC1CCCCCCC1. The fourth-order valence-corrected chi connectivity index (χ4v) is 4.10. The van der Waals surface area contributed by atoms with E-state index < -0.39 is 0 Å². The summed E-state index contributed by atoms with van der Waals surface area (Å²) in [5.41, 5.74) is 0.629. The van der Waals surface area contributed by atoms with E-state index in [2.05, 4.69) is 16.0 Å². The molecule has 0 saturated heterocycles. The van der Waals surface area contributed by atoms with Crippen molar-refractivity contribution in [1.29, 1.82) is 0 Å². The molecule has 2 amide bonds. The van der Waals surface area contributed by atoms with Crippen molar-refractivity contribution >= 4 is 23.6 Å². The predicted octanol–water partition coefficient (Wildman–Crippen LogP) is 3.35. The highest BCUT2D eigenvalue weighted by molar-refractivity contribution is 8.00. The third kappa shape index (κ3) is 7.93. The van der Waals surface area contributed by atoms with Gasteiger partial charge in [-0.3, -0.25) is 9.59 Å². The van der Waals surface area contributed by atoms with Crippen LogP contribution in [0.5, 0.6) is 0 Å². The fraction of sp³-hybridized carbons (Fsp3) is 0.619. The Kier molecular flexibility index (Phi) is 9.70. The average molecular weight is 392 g/mol. The molecule has 2 rings (SSSR count). The van der Waals surface area contributed by atoms with Gasteiger partial charge in [-0.1, -0.05) is 44.2 Å². The van der Waals surface area contributed by atoms with Crippen molar-refractivity contribution in [2.75, 3.05) is 19.3 Å². The molecule has 1 atom stereocenters. The lowest BCUT2D eigenvalue weighted by molar-refractivity contribution is -0.119. The second-order valence-electron chi connectivity index (χ2n) is 7.29. The Bertz CT molecular complexity index is 601. The molecule has 1 aromatic rings. The second kappa shape index (κ2) is 12.0. The number of hydrogen-bond donors (Lipinski definition) is 3. The molecule has 1 saturated carbocycles. The maximum absolute atomic E-state index is 12.5. The number of carbonyl (C=O) groups excluding carboxylic acids is 2. The molecule has 3 N–H and O–H groups in total. The van der Waals surface area contributed by atoms with Crippen LogP contribution in [0.4, 0.5) is 0 Å². The molecule has 1 aliphatic rings. The maximum Gasteiger partial charge on any atom is 0.252 e. The maximum atomic E-state index is 12.5. The average Bonchev–Trinajstić information content (AvgIpc) is 2.66. The molecule has 150 valence electrons. The van der Waals surface area contributed by atoms with Crippen LogP contribution in [0.25, 0.3) is 0 Å². The molecule has 1 fully saturated rings. The third-order valence-corrected chi connectivity index (χ3v) is 6.10. The van der Waals surface area contributed by atoms with Gasteiger partial charge in [0.05, 0.1) is 11.3 Å². The first-order valence-corrected chi connectivity index (χ1v) is 11.1. The monoisotopic (exact) mass is 391 g/mol. The number of benzene rings is 1. The van der Waals surface area contributed by atoms with Crippen LogP contribution >= 0.6 is 11.8 Å². The van der Waals surface area contributed by atoms with E-state index in [-0.39, 0.29) is 17.9 Å². The van der Waals surface area contributed by atoms with E-state index in [9.17, 15) is 9.59 Å². The predicted molar refractivity (Wildman–Crippen MR) is 112 cm³/mol. The van der Waals surface area contributed by atoms with Gasteiger partial charge in [0, 0.05) is 23.5 Å². The van der Waals surface area contributed by atoms with E-state index >= 15 is 0 Å². The molecule has 0 aromatic heterocycles. The van der Waals surface area contributed by atoms with Crippen molar-refractivity contribution in [3.8, 4) is 0 Å². The van der Waals surface area contributed by atoms with Crippen molar-refractivity contribution in [1.82, 2.24) is 16.0 Å². The van der Waals surface area contributed by atoms with E-state index in [1.54, 1.807) is 0 Å².